The summed E-state index contributed by atoms with van der Waals surface area (Å²) in [5, 5.41) is 15.8. The van der Waals surface area contributed by atoms with E-state index < -0.39 is 18.1 Å². The molecule has 1 heterocycles. The number of nitrogens with zero attached hydrogens (tertiary/aromatic N) is 1. The van der Waals surface area contributed by atoms with Crippen LogP contribution in [-0.2, 0) is 14.4 Å². The molecule has 1 atom stereocenters. The van der Waals surface area contributed by atoms with Gasteiger partial charge < -0.3 is 15.1 Å². The van der Waals surface area contributed by atoms with E-state index in [1.54, 1.807) is 11.8 Å². The highest BCUT2D eigenvalue weighted by atomic mass is 19.4. The maximum absolute atomic E-state index is 11.1. The third kappa shape index (κ3) is 6.07. The summed E-state index contributed by atoms with van der Waals surface area (Å²) in [7, 11) is 0. The highest BCUT2D eigenvalue weighted by Gasteiger charge is 2.38. The van der Waals surface area contributed by atoms with Crippen molar-refractivity contribution in [1.82, 2.24) is 4.90 Å². The average Bonchev–Trinajstić information content (AvgIpc) is 2.76. The Hall–Kier alpha value is -1.80. The van der Waals surface area contributed by atoms with E-state index in [1.165, 1.54) is 0 Å². The van der Waals surface area contributed by atoms with E-state index in [0.717, 1.165) is 0 Å². The molecule has 1 saturated heterocycles. The van der Waals surface area contributed by atoms with E-state index in [4.69, 9.17) is 15.0 Å². The van der Waals surface area contributed by atoms with Gasteiger partial charge in [-0.2, -0.15) is 13.2 Å². The first-order chi connectivity index (χ1) is 8.59. The number of rotatable bonds is 2. The predicted octanol–water partition coefficient (Wildman–Crippen LogP) is 0.963. The molecule has 0 aromatic carbocycles. The molecule has 6 nitrogen and oxygen atoms in total. The van der Waals surface area contributed by atoms with Crippen LogP contribution in [0.5, 0.6) is 0 Å². The Kier molecular flexibility index (Phi) is 6.30. The van der Waals surface area contributed by atoms with E-state index in [9.17, 15) is 22.8 Å². The molecule has 19 heavy (non-hydrogen) atoms. The zero-order chi connectivity index (χ0) is 15.2. The first-order valence-electron chi connectivity index (χ1n) is 5.40. The van der Waals surface area contributed by atoms with Crippen LogP contribution in [-0.4, -0.2) is 52.2 Å². The predicted molar refractivity (Wildman–Crippen MR) is 56.3 cm³/mol. The topological polar surface area (TPSA) is 94.9 Å². The number of alkyl halides is 3. The number of carboxylic acids is 2. The third-order valence-electron chi connectivity index (χ3n) is 2.44. The molecule has 0 aromatic rings. The molecule has 1 aliphatic rings. The lowest BCUT2D eigenvalue weighted by molar-refractivity contribution is -0.192. The second-order valence-corrected chi connectivity index (χ2v) is 3.82. The van der Waals surface area contributed by atoms with Crippen molar-refractivity contribution in [1.29, 1.82) is 0 Å². The standard InChI is InChI=1S/C8H13NO3.C2HF3O2/c1-2-7(10)9-4-3-6(5-9)8(11)12;3-2(4,5)1(6)7/h6H,2-5H2,1H3,(H,11,12);(H,6,7). The third-order valence-corrected chi connectivity index (χ3v) is 2.44. The zero-order valence-corrected chi connectivity index (χ0v) is 10.1. The van der Waals surface area contributed by atoms with Crippen molar-refractivity contribution in [3.8, 4) is 0 Å². The highest BCUT2D eigenvalue weighted by Crippen LogP contribution is 2.16. The van der Waals surface area contributed by atoms with E-state index in [1.807, 2.05) is 0 Å². The van der Waals surface area contributed by atoms with Gasteiger partial charge in [-0.1, -0.05) is 6.92 Å². The molecule has 1 fully saturated rings. The molecule has 0 bridgehead atoms. The van der Waals surface area contributed by atoms with Crippen LogP contribution in [0.4, 0.5) is 13.2 Å². The second kappa shape index (κ2) is 6.95. The fourth-order valence-corrected chi connectivity index (χ4v) is 1.41. The Morgan fingerprint density at radius 1 is 1.26 bits per heavy atom. The molecule has 0 aromatic heterocycles. The lowest BCUT2D eigenvalue weighted by atomic mass is 10.1. The molecule has 0 spiro atoms. The van der Waals surface area contributed by atoms with Gasteiger partial charge in [0.15, 0.2) is 0 Å². The molecular weight excluding hydrogens is 271 g/mol. The van der Waals surface area contributed by atoms with Crippen molar-refractivity contribution in [2.24, 2.45) is 5.92 Å². The van der Waals surface area contributed by atoms with Gasteiger partial charge in [0.2, 0.25) is 5.91 Å². The molecule has 1 aliphatic heterocycles. The number of hydrogen-bond acceptors (Lipinski definition) is 3. The van der Waals surface area contributed by atoms with Crippen LogP contribution >= 0.6 is 0 Å². The number of carboxylic acid groups (broad SMARTS) is 2. The first-order valence-corrected chi connectivity index (χ1v) is 5.40. The number of hydrogen-bond donors (Lipinski definition) is 2. The fraction of sp³-hybridized carbons (Fsp3) is 0.700. The van der Waals surface area contributed by atoms with Crippen molar-refractivity contribution in [2.75, 3.05) is 13.1 Å². The quantitative estimate of drug-likeness (QED) is 0.788. The van der Waals surface area contributed by atoms with Crippen LogP contribution in [0, 0.1) is 5.92 Å². The molecule has 1 amide bonds. The molecule has 2 N–H and O–H groups in total. The number of carbonyl (C=O) groups excluding carboxylic acids is 1. The van der Waals surface area contributed by atoms with Crippen LogP contribution in [0.1, 0.15) is 19.8 Å². The molecular formula is C10H14F3NO5. The Morgan fingerprint density at radius 3 is 2.00 bits per heavy atom. The van der Waals surface area contributed by atoms with Gasteiger partial charge in [-0.05, 0) is 6.42 Å². The van der Waals surface area contributed by atoms with Crippen molar-refractivity contribution in [3.63, 3.8) is 0 Å². The monoisotopic (exact) mass is 285 g/mol. The maximum Gasteiger partial charge on any atom is 0.490 e. The summed E-state index contributed by atoms with van der Waals surface area (Å²) in [6.07, 6.45) is -4.02. The molecule has 0 radical (unpaired) electrons. The van der Waals surface area contributed by atoms with Gasteiger partial charge in [-0.25, -0.2) is 4.79 Å². The number of amides is 1. The Balaban J connectivity index is 0.000000399. The van der Waals surface area contributed by atoms with Crippen molar-refractivity contribution >= 4 is 17.8 Å². The largest absolute Gasteiger partial charge is 0.490 e. The lowest BCUT2D eigenvalue weighted by Crippen LogP contribution is -2.29. The fourth-order valence-electron chi connectivity index (χ4n) is 1.41. The van der Waals surface area contributed by atoms with Crippen molar-refractivity contribution in [2.45, 2.75) is 25.9 Å². The van der Waals surface area contributed by atoms with Crippen LogP contribution in [0.3, 0.4) is 0 Å². The van der Waals surface area contributed by atoms with Gasteiger partial charge in [-0.15, -0.1) is 0 Å². The number of carbonyl (C=O) groups is 3. The van der Waals surface area contributed by atoms with E-state index >= 15 is 0 Å². The van der Waals surface area contributed by atoms with Crippen molar-refractivity contribution < 1.29 is 37.8 Å². The van der Waals surface area contributed by atoms with E-state index in [2.05, 4.69) is 0 Å². The molecule has 0 saturated carbocycles. The van der Waals surface area contributed by atoms with Gasteiger partial charge in [0.25, 0.3) is 0 Å². The van der Waals surface area contributed by atoms with Crippen molar-refractivity contribution in [3.05, 3.63) is 0 Å². The Morgan fingerprint density at radius 2 is 1.74 bits per heavy atom. The smallest absolute Gasteiger partial charge is 0.481 e. The van der Waals surface area contributed by atoms with Crippen LogP contribution < -0.4 is 0 Å². The van der Waals surface area contributed by atoms with Gasteiger partial charge in [-0.3, -0.25) is 9.59 Å². The first kappa shape index (κ1) is 17.2. The van der Waals surface area contributed by atoms with Gasteiger partial charge >= 0.3 is 18.1 Å². The summed E-state index contributed by atoms with van der Waals surface area (Å²) >= 11 is 0. The summed E-state index contributed by atoms with van der Waals surface area (Å²) in [4.78, 5) is 32.2. The number of likely N-dealkylation sites (tertiary alicyclic amines) is 1. The SMILES string of the molecule is CCC(=O)N1CCC(C(=O)O)C1.O=C(O)C(F)(F)F. The van der Waals surface area contributed by atoms with E-state index in [-0.39, 0.29) is 11.8 Å². The minimum Gasteiger partial charge on any atom is -0.481 e. The number of aliphatic carboxylic acids is 2. The van der Waals surface area contributed by atoms with Gasteiger partial charge in [0.05, 0.1) is 5.92 Å². The molecule has 1 unspecified atom stereocenters. The van der Waals surface area contributed by atoms with Gasteiger partial charge in [0, 0.05) is 19.5 Å². The van der Waals surface area contributed by atoms with E-state index in [0.29, 0.717) is 25.9 Å². The second-order valence-electron chi connectivity index (χ2n) is 3.82. The Labute approximate surface area is 106 Å². The summed E-state index contributed by atoms with van der Waals surface area (Å²) in [6.45, 7) is 2.78. The molecule has 1 rings (SSSR count). The molecule has 0 aliphatic carbocycles. The summed E-state index contributed by atoms with van der Waals surface area (Å²) < 4.78 is 31.7. The minimum absolute atomic E-state index is 0.0544. The van der Waals surface area contributed by atoms with Crippen LogP contribution in [0.25, 0.3) is 0 Å². The summed E-state index contributed by atoms with van der Waals surface area (Å²) in [6, 6.07) is 0. The van der Waals surface area contributed by atoms with Crippen LogP contribution in [0.15, 0.2) is 0 Å². The maximum atomic E-state index is 11.1. The average molecular weight is 285 g/mol. The summed E-state index contributed by atoms with van der Waals surface area (Å²) in [5.74, 6) is -3.84. The molecule has 110 valence electrons. The normalized spacial score (nSPS) is 18.5. The lowest BCUT2D eigenvalue weighted by Gasteiger charge is -2.13. The molecule has 9 heteroatoms. The zero-order valence-electron chi connectivity index (χ0n) is 10.1. The minimum atomic E-state index is -5.08. The summed E-state index contributed by atoms with van der Waals surface area (Å²) in [5.41, 5.74) is 0. The number of halogens is 3. The Bertz CT molecular complexity index is 356. The van der Waals surface area contributed by atoms with Gasteiger partial charge in [0.1, 0.15) is 0 Å². The highest BCUT2D eigenvalue weighted by molar-refractivity contribution is 5.78. The van der Waals surface area contributed by atoms with Crippen LogP contribution in [0.2, 0.25) is 0 Å².